The quantitative estimate of drug-likeness (QED) is 0.108. The number of hydrogen-bond acceptors (Lipinski definition) is 4. The van der Waals surface area contributed by atoms with Gasteiger partial charge in [0.15, 0.2) is 0 Å². The predicted molar refractivity (Wildman–Crippen MR) is 135 cm³/mol. The maximum atomic E-state index is 12.0. The van der Waals surface area contributed by atoms with E-state index < -0.39 is 0 Å². The molecule has 0 saturated heterocycles. The van der Waals surface area contributed by atoms with Crippen LogP contribution in [-0.4, -0.2) is 25.2 Å². The first-order valence-corrected chi connectivity index (χ1v) is 14.0. The molecule has 0 aliphatic carbocycles. The van der Waals surface area contributed by atoms with Gasteiger partial charge < -0.3 is 9.47 Å². The molecule has 0 heterocycles. The van der Waals surface area contributed by atoms with Gasteiger partial charge in [-0.05, 0) is 19.3 Å². The highest BCUT2D eigenvalue weighted by Gasteiger charge is 2.17. The van der Waals surface area contributed by atoms with Crippen LogP contribution in [0.2, 0.25) is 0 Å². The third-order valence-corrected chi connectivity index (χ3v) is 6.31. The first-order valence-electron chi connectivity index (χ1n) is 14.0. The van der Waals surface area contributed by atoms with E-state index in [1.807, 2.05) is 6.92 Å². The summed E-state index contributed by atoms with van der Waals surface area (Å²) >= 11 is 0. The molecule has 0 aliphatic rings. The Morgan fingerprint density at radius 2 is 1.00 bits per heavy atom. The fourth-order valence-electron chi connectivity index (χ4n) is 4.07. The summed E-state index contributed by atoms with van der Waals surface area (Å²) in [5.41, 5.74) is 0. The summed E-state index contributed by atoms with van der Waals surface area (Å²) in [5.74, 6) is -0.348. The first-order chi connectivity index (χ1) is 15.7. The minimum absolute atomic E-state index is 0.0222. The van der Waals surface area contributed by atoms with Gasteiger partial charge in [-0.1, -0.05) is 124 Å². The molecule has 0 amide bonds. The monoisotopic (exact) mass is 454 g/mol. The maximum Gasteiger partial charge on any atom is 0.309 e. The van der Waals surface area contributed by atoms with E-state index in [4.69, 9.17) is 9.47 Å². The van der Waals surface area contributed by atoms with Crippen molar-refractivity contribution in [3.05, 3.63) is 0 Å². The van der Waals surface area contributed by atoms with Gasteiger partial charge in [-0.15, -0.1) is 0 Å². The number of unbranched alkanes of at least 4 members (excludes halogenated alkanes) is 15. The molecule has 0 aromatic heterocycles. The van der Waals surface area contributed by atoms with E-state index in [-0.39, 0.29) is 31.1 Å². The van der Waals surface area contributed by atoms with E-state index >= 15 is 0 Å². The van der Waals surface area contributed by atoms with Crippen LogP contribution in [0.1, 0.15) is 149 Å². The minimum Gasteiger partial charge on any atom is -0.462 e. The van der Waals surface area contributed by atoms with Gasteiger partial charge in [0.2, 0.25) is 0 Å². The molecule has 0 aromatic rings. The Morgan fingerprint density at radius 1 is 0.562 bits per heavy atom. The Bertz CT molecular complexity index is 422. The van der Waals surface area contributed by atoms with Crippen molar-refractivity contribution in [2.45, 2.75) is 149 Å². The van der Waals surface area contributed by atoms with Gasteiger partial charge in [0.05, 0.1) is 5.92 Å². The first kappa shape index (κ1) is 30.9. The molecule has 0 radical (unpaired) electrons. The zero-order chi connectivity index (χ0) is 23.7. The van der Waals surface area contributed by atoms with Gasteiger partial charge in [-0.3, -0.25) is 9.59 Å². The lowest BCUT2D eigenvalue weighted by molar-refractivity contribution is -0.155. The summed E-state index contributed by atoms with van der Waals surface area (Å²) in [6.45, 7) is 6.75. The second-order valence-electron chi connectivity index (χ2n) is 9.34. The highest BCUT2D eigenvalue weighted by molar-refractivity contribution is 5.72. The lowest BCUT2D eigenvalue weighted by Crippen LogP contribution is -2.20. The van der Waals surface area contributed by atoms with E-state index in [1.54, 1.807) is 0 Å². The molecule has 4 nitrogen and oxygen atoms in total. The summed E-state index contributed by atoms with van der Waals surface area (Å²) in [5, 5.41) is 0. The molecular weight excluding hydrogens is 400 g/mol. The van der Waals surface area contributed by atoms with Gasteiger partial charge in [0, 0.05) is 6.42 Å². The topological polar surface area (TPSA) is 52.6 Å². The van der Waals surface area contributed by atoms with Gasteiger partial charge in [0.1, 0.15) is 13.2 Å². The third-order valence-electron chi connectivity index (χ3n) is 6.31. The van der Waals surface area contributed by atoms with Crippen molar-refractivity contribution in [2.24, 2.45) is 5.92 Å². The van der Waals surface area contributed by atoms with Crippen molar-refractivity contribution < 1.29 is 19.1 Å². The average Bonchev–Trinajstić information content (AvgIpc) is 2.79. The summed E-state index contributed by atoms with van der Waals surface area (Å²) < 4.78 is 10.4. The molecule has 32 heavy (non-hydrogen) atoms. The molecule has 1 unspecified atom stereocenters. The molecule has 0 fully saturated rings. The molecule has 4 heteroatoms. The van der Waals surface area contributed by atoms with Crippen molar-refractivity contribution in [1.29, 1.82) is 0 Å². The maximum absolute atomic E-state index is 12.0. The van der Waals surface area contributed by atoms with Crippen LogP contribution in [0, 0.1) is 5.92 Å². The average molecular weight is 455 g/mol. The van der Waals surface area contributed by atoms with E-state index in [9.17, 15) is 9.59 Å². The van der Waals surface area contributed by atoms with Crippen LogP contribution in [0.25, 0.3) is 0 Å². The Morgan fingerprint density at radius 3 is 1.47 bits per heavy atom. The Hall–Kier alpha value is -1.06. The largest absolute Gasteiger partial charge is 0.462 e. The highest BCUT2D eigenvalue weighted by Crippen LogP contribution is 2.15. The fraction of sp³-hybridized carbons (Fsp3) is 0.929. The number of hydrogen-bond donors (Lipinski definition) is 0. The molecule has 0 rings (SSSR count). The van der Waals surface area contributed by atoms with Gasteiger partial charge in [-0.2, -0.15) is 0 Å². The summed E-state index contributed by atoms with van der Waals surface area (Å²) in [6.07, 6.45) is 24.0. The number of esters is 2. The second-order valence-corrected chi connectivity index (χ2v) is 9.34. The Balaban J connectivity index is 3.37. The smallest absolute Gasteiger partial charge is 0.309 e. The minimum atomic E-state index is -0.172. The Labute approximate surface area is 199 Å². The number of ether oxygens (including phenoxy) is 2. The summed E-state index contributed by atoms with van der Waals surface area (Å²) in [4.78, 5) is 23.8. The normalized spacial score (nSPS) is 12.0. The van der Waals surface area contributed by atoms with Crippen molar-refractivity contribution in [3.63, 3.8) is 0 Å². The second kappa shape index (κ2) is 24.6. The summed E-state index contributed by atoms with van der Waals surface area (Å²) in [6, 6.07) is 0. The van der Waals surface area contributed by atoms with Crippen molar-refractivity contribution in [2.75, 3.05) is 13.2 Å². The van der Waals surface area contributed by atoms with Crippen LogP contribution in [-0.2, 0) is 19.1 Å². The van der Waals surface area contributed by atoms with Crippen LogP contribution in [0.3, 0.4) is 0 Å². The van der Waals surface area contributed by atoms with Gasteiger partial charge in [-0.25, -0.2) is 0 Å². The van der Waals surface area contributed by atoms with Crippen LogP contribution in [0.5, 0.6) is 0 Å². The molecule has 0 aliphatic heterocycles. The lowest BCUT2D eigenvalue weighted by Gasteiger charge is -2.13. The van der Waals surface area contributed by atoms with E-state index in [2.05, 4.69) is 13.8 Å². The van der Waals surface area contributed by atoms with Gasteiger partial charge >= 0.3 is 11.9 Å². The molecule has 0 spiro atoms. The zero-order valence-electron chi connectivity index (χ0n) is 21.8. The molecule has 0 N–H and O–H groups in total. The number of rotatable bonds is 24. The van der Waals surface area contributed by atoms with Crippen molar-refractivity contribution in [3.8, 4) is 0 Å². The fourth-order valence-corrected chi connectivity index (χ4v) is 4.07. The molecule has 1 atom stereocenters. The van der Waals surface area contributed by atoms with Crippen molar-refractivity contribution >= 4 is 11.9 Å². The van der Waals surface area contributed by atoms with Crippen LogP contribution >= 0.6 is 0 Å². The third kappa shape index (κ3) is 20.8. The lowest BCUT2D eigenvalue weighted by atomic mass is 10.00. The summed E-state index contributed by atoms with van der Waals surface area (Å²) in [7, 11) is 0. The van der Waals surface area contributed by atoms with Crippen LogP contribution < -0.4 is 0 Å². The van der Waals surface area contributed by atoms with E-state index in [0.717, 1.165) is 38.5 Å². The predicted octanol–water partition coefficient (Wildman–Crippen LogP) is 8.55. The van der Waals surface area contributed by atoms with E-state index in [1.165, 1.54) is 83.5 Å². The number of carbonyl (C=O) groups is 2. The molecule has 0 aromatic carbocycles. The van der Waals surface area contributed by atoms with E-state index in [0.29, 0.717) is 6.42 Å². The molecule has 0 bridgehead atoms. The zero-order valence-corrected chi connectivity index (χ0v) is 21.8. The van der Waals surface area contributed by atoms with Crippen LogP contribution in [0.4, 0.5) is 0 Å². The SMILES string of the molecule is CCCCCCCCCCCCCCCCCC(=O)OCCOC(=O)C(CC)CCCC. The van der Waals surface area contributed by atoms with Gasteiger partial charge in [0.25, 0.3) is 0 Å². The molecular formula is C28H54O4. The Kier molecular flexibility index (Phi) is 23.8. The van der Waals surface area contributed by atoms with Crippen molar-refractivity contribution in [1.82, 2.24) is 0 Å². The number of carbonyl (C=O) groups excluding carboxylic acids is 2. The molecule has 190 valence electrons. The molecule has 0 saturated carbocycles. The highest BCUT2D eigenvalue weighted by atomic mass is 16.6. The standard InChI is InChI=1S/C28H54O4/c1-4-7-9-10-11-12-13-14-15-16-17-18-19-20-21-23-27(29)31-24-25-32-28(30)26(6-3)22-8-5-2/h26H,4-25H2,1-3H3. The van der Waals surface area contributed by atoms with Crippen LogP contribution in [0.15, 0.2) is 0 Å².